The number of carbonyl (C=O) groups is 1. The van der Waals surface area contributed by atoms with Crippen LogP contribution >= 0.6 is 0 Å². The smallest absolute Gasteiger partial charge is 0.409 e. The van der Waals surface area contributed by atoms with Crippen molar-refractivity contribution in [2.45, 2.75) is 38.8 Å². The lowest BCUT2D eigenvalue weighted by Crippen LogP contribution is -2.09. The van der Waals surface area contributed by atoms with Gasteiger partial charge in [0.05, 0.1) is 5.56 Å². The molecule has 0 amide bonds. The molecule has 3 aromatic rings. The molecule has 178 valence electrons. The van der Waals surface area contributed by atoms with E-state index in [2.05, 4.69) is 16.9 Å². The lowest BCUT2D eigenvalue weighted by molar-refractivity contribution is -0.0790. The number of esters is 1. The molecule has 0 aliphatic rings. The molecule has 2 aromatic carbocycles. The highest BCUT2D eigenvalue weighted by Gasteiger charge is 2.23. The zero-order chi connectivity index (χ0) is 24.7. The summed E-state index contributed by atoms with van der Waals surface area (Å²) in [5.41, 5.74) is 0.908. The van der Waals surface area contributed by atoms with Crippen LogP contribution in [0.2, 0.25) is 0 Å². The van der Waals surface area contributed by atoms with E-state index in [9.17, 15) is 26.7 Å². The lowest BCUT2D eigenvalue weighted by atomic mass is 10.1. The Hall–Kier alpha value is -3.62. The van der Waals surface area contributed by atoms with E-state index in [0.717, 1.165) is 31.2 Å². The van der Waals surface area contributed by atoms with Crippen molar-refractivity contribution in [1.82, 2.24) is 9.97 Å². The molecule has 34 heavy (non-hydrogen) atoms. The number of aromatic nitrogens is 2. The van der Waals surface area contributed by atoms with Gasteiger partial charge in [0, 0.05) is 41.7 Å². The first-order valence-corrected chi connectivity index (χ1v) is 10.5. The van der Waals surface area contributed by atoms with Crippen LogP contribution in [0.5, 0.6) is 5.75 Å². The van der Waals surface area contributed by atoms with Crippen molar-refractivity contribution < 1.29 is 31.5 Å². The maximum Gasteiger partial charge on any atom is 0.409 e. The van der Waals surface area contributed by atoms with Crippen molar-refractivity contribution in [3.8, 4) is 17.1 Å². The van der Waals surface area contributed by atoms with Crippen LogP contribution < -0.4 is 4.74 Å². The quantitative estimate of drug-likeness (QED) is 0.153. The predicted octanol–water partition coefficient (Wildman–Crippen LogP) is 6.95. The van der Waals surface area contributed by atoms with Crippen molar-refractivity contribution in [2.24, 2.45) is 0 Å². The minimum Gasteiger partial charge on any atom is -0.423 e. The van der Waals surface area contributed by atoms with Crippen LogP contribution in [0, 0.1) is 11.6 Å². The minimum atomic E-state index is -4.72. The third-order valence-corrected chi connectivity index (χ3v) is 4.86. The topological polar surface area (TPSA) is 52.1 Å². The fraction of sp³-hybridized carbons (Fsp3) is 0.240. The highest BCUT2D eigenvalue weighted by molar-refractivity contribution is 5.91. The van der Waals surface area contributed by atoms with Crippen LogP contribution in [-0.2, 0) is 6.42 Å². The first kappa shape index (κ1) is 25.0. The van der Waals surface area contributed by atoms with Crippen LogP contribution in [0.25, 0.3) is 17.5 Å². The van der Waals surface area contributed by atoms with Crippen molar-refractivity contribution in [1.29, 1.82) is 0 Å². The maximum atomic E-state index is 14.0. The second-order valence-electron chi connectivity index (χ2n) is 7.51. The summed E-state index contributed by atoms with van der Waals surface area (Å²) < 4.78 is 69.8. The van der Waals surface area contributed by atoms with Gasteiger partial charge >= 0.3 is 12.1 Å². The summed E-state index contributed by atoms with van der Waals surface area (Å²) >= 11 is 0. The third kappa shape index (κ3) is 6.94. The second-order valence-corrected chi connectivity index (χ2v) is 7.51. The Bertz CT molecular complexity index is 1130. The van der Waals surface area contributed by atoms with Gasteiger partial charge < -0.3 is 4.74 Å². The monoisotopic (exact) mass is 476 g/mol. The molecule has 4 nitrogen and oxygen atoms in total. The van der Waals surface area contributed by atoms with Crippen LogP contribution in [-0.4, -0.2) is 22.1 Å². The second kappa shape index (κ2) is 11.0. The Morgan fingerprint density at radius 3 is 2.18 bits per heavy atom. The summed E-state index contributed by atoms with van der Waals surface area (Å²) in [6.07, 6.45) is 3.02. The molecule has 9 heteroatoms. The maximum absolute atomic E-state index is 14.0. The van der Waals surface area contributed by atoms with E-state index in [1.165, 1.54) is 12.1 Å². The fourth-order valence-corrected chi connectivity index (χ4v) is 3.09. The van der Waals surface area contributed by atoms with Gasteiger partial charge in [-0.05, 0) is 36.6 Å². The van der Waals surface area contributed by atoms with E-state index >= 15 is 0 Å². The normalized spacial score (nSPS) is 11.7. The Balaban J connectivity index is 1.67. The summed E-state index contributed by atoms with van der Waals surface area (Å²) in [5, 5.41) is 0. The Labute approximate surface area is 193 Å². The van der Waals surface area contributed by atoms with E-state index in [1.807, 2.05) is 0 Å². The molecule has 0 aliphatic carbocycles. The Morgan fingerprint density at radius 1 is 1.00 bits per heavy atom. The van der Waals surface area contributed by atoms with Gasteiger partial charge in [-0.15, -0.1) is 0 Å². The number of carbonyl (C=O) groups excluding carboxylic acids is 1. The van der Waals surface area contributed by atoms with Crippen molar-refractivity contribution in [3.63, 3.8) is 0 Å². The number of hydrogen-bond acceptors (Lipinski definition) is 4. The number of benzene rings is 2. The third-order valence-electron chi connectivity index (χ3n) is 4.86. The number of halogens is 5. The summed E-state index contributed by atoms with van der Waals surface area (Å²) in [6, 6.07) is 7.39. The van der Waals surface area contributed by atoms with E-state index in [1.54, 1.807) is 24.5 Å². The SMILES string of the molecule is CCCCCc1cnc(-c2ccc(C(=O)Oc3cc(F)c(/C=C/C(F)(F)F)c(F)c3)cc2)nc1. The Kier molecular flexibility index (Phi) is 8.09. The summed E-state index contributed by atoms with van der Waals surface area (Å²) in [5.74, 6) is -3.49. The summed E-state index contributed by atoms with van der Waals surface area (Å²) in [4.78, 5) is 21.0. The van der Waals surface area contributed by atoms with Gasteiger partial charge in [0.25, 0.3) is 0 Å². The van der Waals surface area contributed by atoms with E-state index in [0.29, 0.717) is 23.5 Å². The number of rotatable bonds is 8. The number of aryl methyl sites for hydroxylation is 1. The van der Waals surface area contributed by atoms with Gasteiger partial charge in [-0.2, -0.15) is 13.2 Å². The molecule has 1 aromatic heterocycles. The number of unbranched alkanes of at least 4 members (excludes halogenated alkanes) is 2. The summed E-state index contributed by atoms with van der Waals surface area (Å²) in [6.45, 7) is 2.13. The van der Waals surface area contributed by atoms with Crippen molar-refractivity contribution in [2.75, 3.05) is 0 Å². The highest BCUT2D eigenvalue weighted by atomic mass is 19.4. The van der Waals surface area contributed by atoms with Gasteiger partial charge in [0.15, 0.2) is 5.82 Å². The molecule has 0 aliphatic heterocycles. The summed E-state index contributed by atoms with van der Waals surface area (Å²) in [7, 11) is 0. The fourth-order valence-electron chi connectivity index (χ4n) is 3.09. The number of hydrogen-bond donors (Lipinski definition) is 0. The molecular formula is C25H21F5N2O2. The van der Waals surface area contributed by atoms with Gasteiger partial charge in [-0.1, -0.05) is 31.9 Å². The molecule has 0 fully saturated rings. The first-order chi connectivity index (χ1) is 16.2. The highest BCUT2D eigenvalue weighted by Crippen LogP contribution is 2.25. The minimum absolute atomic E-state index is 0.0989. The molecule has 0 bridgehead atoms. The largest absolute Gasteiger partial charge is 0.423 e. The van der Waals surface area contributed by atoms with E-state index in [-0.39, 0.29) is 17.7 Å². The van der Waals surface area contributed by atoms with Gasteiger partial charge in [0.2, 0.25) is 0 Å². The van der Waals surface area contributed by atoms with Crippen LogP contribution in [0.15, 0.2) is 54.9 Å². The molecular weight excluding hydrogens is 455 g/mol. The van der Waals surface area contributed by atoms with Crippen LogP contribution in [0.4, 0.5) is 22.0 Å². The number of ether oxygens (including phenoxy) is 1. The molecule has 0 saturated heterocycles. The zero-order valence-electron chi connectivity index (χ0n) is 18.2. The molecule has 1 heterocycles. The first-order valence-electron chi connectivity index (χ1n) is 10.5. The molecule has 0 saturated carbocycles. The number of nitrogens with zero attached hydrogens (tertiary/aromatic N) is 2. The zero-order valence-corrected chi connectivity index (χ0v) is 18.2. The standard InChI is InChI=1S/C25H21F5N2O2/c1-2-3-4-5-16-14-31-23(32-15-16)17-6-8-18(9-7-17)24(33)34-19-12-21(26)20(22(27)13-19)10-11-25(28,29)30/h6-15H,2-5H2,1H3/b11-10+. The Morgan fingerprint density at radius 2 is 1.62 bits per heavy atom. The molecule has 0 N–H and O–H groups in total. The van der Waals surface area contributed by atoms with Crippen molar-refractivity contribution >= 4 is 12.0 Å². The van der Waals surface area contributed by atoms with Crippen LogP contribution in [0.3, 0.4) is 0 Å². The van der Waals surface area contributed by atoms with Crippen molar-refractivity contribution in [3.05, 3.63) is 83.2 Å². The van der Waals surface area contributed by atoms with E-state index < -0.39 is 35.1 Å². The number of allylic oxidation sites excluding steroid dienone is 1. The van der Waals surface area contributed by atoms with Gasteiger partial charge in [0.1, 0.15) is 17.4 Å². The van der Waals surface area contributed by atoms with Gasteiger partial charge in [-0.25, -0.2) is 23.5 Å². The number of alkyl halides is 3. The van der Waals surface area contributed by atoms with Gasteiger partial charge in [-0.3, -0.25) is 0 Å². The predicted molar refractivity (Wildman–Crippen MR) is 117 cm³/mol. The molecule has 0 spiro atoms. The molecule has 0 atom stereocenters. The van der Waals surface area contributed by atoms with Crippen LogP contribution in [0.1, 0.15) is 47.7 Å². The molecule has 0 radical (unpaired) electrons. The average Bonchev–Trinajstić information content (AvgIpc) is 2.78. The average molecular weight is 476 g/mol. The molecule has 0 unspecified atom stereocenters. The molecule has 3 rings (SSSR count). The lowest BCUT2D eigenvalue weighted by Gasteiger charge is -2.08. The van der Waals surface area contributed by atoms with E-state index in [4.69, 9.17) is 4.74 Å².